The number of anilines is 1. The zero-order chi connectivity index (χ0) is 10.9. The number of nitrogen functional groups attached to an aromatic ring is 1. The van der Waals surface area contributed by atoms with E-state index in [0.717, 1.165) is 0 Å². The van der Waals surface area contributed by atoms with E-state index in [1.54, 1.807) is 4.68 Å². The second-order valence-electron chi connectivity index (χ2n) is 4.21. The van der Waals surface area contributed by atoms with Crippen LogP contribution in [0.5, 0.6) is 0 Å². The largest absolute Gasteiger partial charge is 0.481 e. The van der Waals surface area contributed by atoms with Crippen LogP contribution in [0.2, 0.25) is 0 Å². The van der Waals surface area contributed by atoms with Gasteiger partial charge in [-0.1, -0.05) is 0 Å². The number of aliphatic carboxylic acids is 1. The molecular weight excluding hydrogens is 182 g/mol. The van der Waals surface area contributed by atoms with Gasteiger partial charge in [-0.05, 0) is 20.8 Å². The van der Waals surface area contributed by atoms with Crippen LogP contribution in [0.25, 0.3) is 0 Å². The lowest BCUT2D eigenvalue weighted by Gasteiger charge is -2.20. The highest BCUT2D eigenvalue weighted by molar-refractivity contribution is 5.72. The molecule has 0 atom stereocenters. The Labute approximate surface area is 82.5 Å². The van der Waals surface area contributed by atoms with Crippen molar-refractivity contribution >= 4 is 11.8 Å². The Morgan fingerprint density at radius 1 is 1.64 bits per heavy atom. The van der Waals surface area contributed by atoms with E-state index in [9.17, 15) is 4.79 Å². The summed E-state index contributed by atoms with van der Waals surface area (Å²) in [6.45, 7) is 5.88. The summed E-state index contributed by atoms with van der Waals surface area (Å²) in [5, 5.41) is 12.7. The molecule has 0 aliphatic carbocycles. The predicted octanol–water partition coefficient (Wildman–Crippen LogP) is 0.847. The van der Waals surface area contributed by atoms with E-state index in [4.69, 9.17) is 10.8 Å². The van der Waals surface area contributed by atoms with Crippen LogP contribution in [0.15, 0.2) is 6.20 Å². The Balaban J connectivity index is 3.03. The Hall–Kier alpha value is -1.52. The molecule has 1 aromatic rings. The highest BCUT2D eigenvalue weighted by Crippen LogP contribution is 2.20. The highest BCUT2D eigenvalue weighted by Gasteiger charge is 2.19. The van der Waals surface area contributed by atoms with Crippen LogP contribution < -0.4 is 5.73 Å². The zero-order valence-corrected chi connectivity index (χ0v) is 8.61. The van der Waals surface area contributed by atoms with Crippen molar-refractivity contribution in [3.05, 3.63) is 11.8 Å². The number of hydrogen-bond donors (Lipinski definition) is 2. The average Bonchev–Trinajstić information content (AvgIpc) is 2.30. The lowest BCUT2D eigenvalue weighted by atomic mass is 10.1. The number of nitrogens with two attached hydrogens (primary N) is 1. The van der Waals surface area contributed by atoms with E-state index < -0.39 is 5.97 Å². The summed E-state index contributed by atoms with van der Waals surface area (Å²) in [6.07, 6.45) is 1.43. The third kappa shape index (κ3) is 2.04. The number of rotatable bonds is 2. The first-order chi connectivity index (χ1) is 6.32. The van der Waals surface area contributed by atoms with Crippen LogP contribution in [0.3, 0.4) is 0 Å². The molecule has 5 heteroatoms. The molecule has 0 saturated carbocycles. The molecule has 0 aromatic carbocycles. The molecule has 0 saturated heterocycles. The average molecular weight is 197 g/mol. The first-order valence-electron chi connectivity index (χ1n) is 4.37. The summed E-state index contributed by atoms with van der Waals surface area (Å²) in [4.78, 5) is 10.5. The molecule has 3 N–H and O–H groups in total. The second-order valence-corrected chi connectivity index (χ2v) is 4.21. The number of carboxylic acid groups (broad SMARTS) is 1. The fourth-order valence-electron chi connectivity index (χ4n) is 1.23. The van der Waals surface area contributed by atoms with Gasteiger partial charge < -0.3 is 10.8 Å². The van der Waals surface area contributed by atoms with E-state index >= 15 is 0 Å². The Morgan fingerprint density at radius 3 is 2.57 bits per heavy atom. The van der Waals surface area contributed by atoms with Crippen LogP contribution in [-0.4, -0.2) is 20.9 Å². The Morgan fingerprint density at radius 2 is 2.21 bits per heavy atom. The normalized spacial score (nSPS) is 11.6. The van der Waals surface area contributed by atoms with E-state index in [1.807, 2.05) is 20.8 Å². The number of hydrogen-bond acceptors (Lipinski definition) is 3. The minimum Gasteiger partial charge on any atom is -0.481 e. The molecule has 0 unspecified atom stereocenters. The summed E-state index contributed by atoms with van der Waals surface area (Å²) in [6, 6.07) is 0. The molecule has 1 heterocycles. The van der Waals surface area contributed by atoms with E-state index in [-0.39, 0.29) is 12.0 Å². The van der Waals surface area contributed by atoms with E-state index in [0.29, 0.717) is 11.4 Å². The van der Waals surface area contributed by atoms with Crippen molar-refractivity contribution in [2.24, 2.45) is 0 Å². The van der Waals surface area contributed by atoms with Crippen molar-refractivity contribution in [3.8, 4) is 0 Å². The highest BCUT2D eigenvalue weighted by atomic mass is 16.4. The number of carboxylic acids is 1. The molecule has 0 spiro atoms. The van der Waals surface area contributed by atoms with Gasteiger partial charge in [0.25, 0.3) is 0 Å². The fourth-order valence-corrected chi connectivity index (χ4v) is 1.23. The predicted molar refractivity (Wildman–Crippen MR) is 53.0 cm³/mol. The van der Waals surface area contributed by atoms with Crippen molar-refractivity contribution in [2.45, 2.75) is 32.7 Å². The number of carbonyl (C=O) groups is 1. The molecule has 5 nitrogen and oxygen atoms in total. The maximum absolute atomic E-state index is 10.5. The van der Waals surface area contributed by atoms with Gasteiger partial charge in [0, 0.05) is 5.56 Å². The molecule has 14 heavy (non-hydrogen) atoms. The molecular formula is C9H15N3O2. The molecule has 0 radical (unpaired) electrons. The SMILES string of the molecule is CC(C)(C)n1ncc(CC(=O)O)c1N. The molecule has 0 bridgehead atoms. The van der Waals surface area contributed by atoms with Gasteiger partial charge in [0.1, 0.15) is 5.82 Å². The van der Waals surface area contributed by atoms with Crippen molar-refractivity contribution in [1.29, 1.82) is 0 Å². The van der Waals surface area contributed by atoms with Crippen LogP contribution in [0.1, 0.15) is 26.3 Å². The van der Waals surface area contributed by atoms with Gasteiger partial charge in [0.05, 0.1) is 18.2 Å². The second kappa shape index (κ2) is 3.32. The Kier molecular flexibility index (Phi) is 2.51. The van der Waals surface area contributed by atoms with Crippen molar-refractivity contribution in [3.63, 3.8) is 0 Å². The van der Waals surface area contributed by atoms with E-state index in [2.05, 4.69) is 5.10 Å². The smallest absolute Gasteiger partial charge is 0.308 e. The zero-order valence-electron chi connectivity index (χ0n) is 8.61. The third-order valence-electron chi connectivity index (χ3n) is 1.86. The van der Waals surface area contributed by atoms with Crippen molar-refractivity contribution in [1.82, 2.24) is 9.78 Å². The maximum atomic E-state index is 10.5. The molecule has 0 aliphatic heterocycles. The first kappa shape index (κ1) is 10.6. The fraction of sp³-hybridized carbons (Fsp3) is 0.556. The van der Waals surface area contributed by atoms with Gasteiger partial charge >= 0.3 is 5.97 Å². The minimum absolute atomic E-state index is 0.0814. The monoisotopic (exact) mass is 197 g/mol. The summed E-state index contributed by atoms with van der Waals surface area (Å²) < 4.78 is 1.63. The van der Waals surface area contributed by atoms with Gasteiger partial charge in [0.15, 0.2) is 0 Å². The van der Waals surface area contributed by atoms with Crippen LogP contribution in [0, 0.1) is 0 Å². The van der Waals surface area contributed by atoms with Gasteiger partial charge in [-0.2, -0.15) is 5.10 Å². The van der Waals surface area contributed by atoms with Gasteiger partial charge in [-0.3, -0.25) is 4.79 Å². The van der Waals surface area contributed by atoms with Crippen molar-refractivity contribution in [2.75, 3.05) is 5.73 Å². The van der Waals surface area contributed by atoms with Gasteiger partial charge in [-0.25, -0.2) is 4.68 Å². The molecule has 0 amide bonds. The van der Waals surface area contributed by atoms with Gasteiger partial charge in [-0.15, -0.1) is 0 Å². The minimum atomic E-state index is -0.898. The van der Waals surface area contributed by atoms with Gasteiger partial charge in [0.2, 0.25) is 0 Å². The number of nitrogens with zero attached hydrogens (tertiary/aromatic N) is 2. The number of aromatic nitrogens is 2. The van der Waals surface area contributed by atoms with E-state index in [1.165, 1.54) is 6.20 Å². The summed E-state index contributed by atoms with van der Waals surface area (Å²) in [7, 11) is 0. The lowest BCUT2D eigenvalue weighted by Crippen LogP contribution is -2.25. The van der Waals surface area contributed by atoms with Crippen LogP contribution in [-0.2, 0) is 16.8 Å². The topological polar surface area (TPSA) is 81.1 Å². The van der Waals surface area contributed by atoms with Crippen molar-refractivity contribution < 1.29 is 9.90 Å². The molecule has 78 valence electrons. The van der Waals surface area contributed by atoms with Crippen LogP contribution in [0.4, 0.5) is 5.82 Å². The Bertz CT molecular complexity index is 349. The maximum Gasteiger partial charge on any atom is 0.308 e. The quantitative estimate of drug-likeness (QED) is 0.736. The lowest BCUT2D eigenvalue weighted by molar-refractivity contribution is -0.136. The summed E-state index contributed by atoms with van der Waals surface area (Å²) in [5.74, 6) is -0.468. The summed E-state index contributed by atoms with van der Waals surface area (Å²) >= 11 is 0. The molecule has 0 aliphatic rings. The third-order valence-corrected chi connectivity index (χ3v) is 1.86. The summed E-state index contributed by atoms with van der Waals surface area (Å²) in [5.41, 5.74) is 6.12. The molecule has 0 fully saturated rings. The standard InChI is InChI=1S/C9H15N3O2/c1-9(2,3)12-8(10)6(5-11-12)4-7(13)14/h5H,4,10H2,1-3H3,(H,13,14). The molecule has 1 rings (SSSR count). The first-order valence-corrected chi connectivity index (χ1v) is 4.37. The molecule has 1 aromatic heterocycles. The van der Waals surface area contributed by atoms with Crippen LogP contribution >= 0.6 is 0 Å².